The van der Waals surface area contributed by atoms with Gasteiger partial charge in [-0.05, 0) is 52.1 Å². The zero-order valence-electron chi connectivity index (χ0n) is 20.8. The van der Waals surface area contributed by atoms with Gasteiger partial charge in [-0.15, -0.1) is 0 Å². The van der Waals surface area contributed by atoms with E-state index in [0.29, 0.717) is 0 Å². The largest absolute Gasteiger partial charge is 0.311 e. The summed E-state index contributed by atoms with van der Waals surface area (Å²) in [6, 6.07) is 42.3. The van der Waals surface area contributed by atoms with Crippen LogP contribution in [-0.2, 0) is 11.8 Å². The van der Waals surface area contributed by atoms with Crippen molar-refractivity contribution >= 4 is 81.0 Å². The molecule has 2 heterocycles. The monoisotopic (exact) mass is 547 g/mol. The minimum absolute atomic E-state index is 1.20. The molecule has 0 bridgehead atoms. The second-order valence-electron chi connectivity index (χ2n) is 10.2. The topological polar surface area (TPSA) is 3.24 Å². The van der Waals surface area contributed by atoms with Gasteiger partial charge < -0.3 is 4.90 Å². The third kappa shape index (κ3) is 3.40. The third-order valence-corrected chi connectivity index (χ3v) is 17.7. The van der Waals surface area contributed by atoms with E-state index in [9.17, 15) is 0 Å². The van der Waals surface area contributed by atoms with Crippen molar-refractivity contribution in [1.82, 2.24) is 0 Å². The number of benzene rings is 5. The van der Waals surface area contributed by atoms with E-state index < -0.39 is 14.1 Å². The van der Waals surface area contributed by atoms with E-state index in [1.807, 2.05) is 11.8 Å². The van der Waals surface area contributed by atoms with Crippen LogP contribution in [0.1, 0.15) is 0 Å². The Labute approximate surface area is 229 Å². The van der Waals surface area contributed by atoms with E-state index in [0.717, 1.165) is 0 Å². The molecule has 7 rings (SSSR count). The Morgan fingerprint density at radius 2 is 1.19 bits per heavy atom. The van der Waals surface area contributed by atoms with Crippen LogP contribution in [0.15, 0.2) is 131 Å². The molecule has 0 aromatic heterocycles. The summed E-state index contributed by atoms with van der Waals surface area (Å²) >= 11 is 8.54. The summed E-state index contributed by atoms with van der Waals surface area (Å²) in [7, 11) is -1.81. The Morgan fingerprint density at radius 3 is 1.89 bits per heavy atom. The highest BCUT2D eigenvalue weighted by atomic mass is 32.4. The van der Waals surface area contributed by atoms with Gasteiger partial charge >= 0.3 is 0 Å². The summed E-state index contributed by atoms with van der Waals surface area (Å²) in [5.74, 6) is 0. The third-order valence-electron chi connectivity index (χ3n) is 7.72. The molecular weight excluding hydrogens is 522 g/mol. The van der Waals surface area contributed by atoms with Gasteiger partial charge in [0.1, 0.15) is 8.07 Å². The maximum absolute atomic E-state index is 6.68. The lowest BCUT2D eigenvalue weighted by Gasteiger charge is -2.41. The molecule has 1 unspecified atom stereocenters. The predicted octanol–water partition coefficient (Wildman–Crippen LogP) is 6.51. The maximum Gasteiger partial charge on any atom is 0.117 e. The van der Waals surface area contributed by atoms with Crippen molar-refractivity contribution in [1.29, 1.82) is 0 Å². The van der Waals surface area contributed by atoms with E-state index in [2.05, 4.69) is 139 Å². The molecule has 5 aromatic rings. The highest BCUT2D eigenvalue weighted by Gasteiger charge is 2.39. The minimum Gasteiger partial charge on any atom is -0.311 e. The summed E-state index contributed by atoms with van der Waals surface area (Å²) in [5, 5.41) is 6.84. The van der Waals surface area contributed by atoms with E-state index in [1.165, 1.54) is 53.1 Å². The first-order valence-corrected chi connectivity index (χ1v) is 19.2. The molecule has 0 saturated heterocycles. The molecule has 0 saturated carbocycles. The molecule has 0 amide bonds. The number of nitrogens with zero attached hydrogens (tertiary/aromatic N) is 1. The fraction of sp³-hybridized carbons (Fsp3) is 0.0625. The highest BCUT2D eigenvalue weighted by molar-refractivity contribution is 8.26. The van der Waals surface area contributed by atoms with Crippen LogP contribution >= 0.6 is 17.8 Å². The standard InChI is InChI=1S/C32H26NPS2Si/c1-37(2)31-18-10-6-14-25(31)33(26-15-7-11-19-32(26)37)23-20-21-28-30(22-23)36-29-17-9-8-16-27(29)34(28,35)24-12-4-3-5-13-24/h3-22H,1-2H3. The molecule has 5 heteroatoms. The SMILES string of the molecule is C[Si]1(C)c2ccccc2N(c2ccc3c(c2)Sc2ccccc2P3(=S)c2ccccc2)c2ccccc21. The van der Waals surface area contributed by atoms with Gasteiger partial charge in [-0.2, -0.15) is 0 Å². The van der Waals surface area contributed by atoms with Crippen molar-refractivity contribution in [2.24, 2.45) is 0 Å². The van der Waals surface area contributed by atoms with E-state index in [-0.39, 0.29) is 0 Å². The molecule has 0 N–H and O–H groups in total. The fourth-order valence-corrected chi connectivity index (χ4v) is 15.3. The molecule has 1 atom stereocenters. The Morgan fingerprint density at radius 1 is 0.622 bits per heavy atom. The first-order chi connectivity index (χ1) is 18.0. The number of rotatable bonds is 2. The van der Waals surface area contributed by atoms with Crippen molar-refractivity contribution in [3.05, 3.63) is 121 Å². The average Bonchev–Trinajstić information content (AvgIpc) is 2.94. The van der Waals surface area contributed by atoms with Crippen LogP contribution in [0.5, 0.6) is 0 Å². The number of hydrogen-bond acceptors (Lipinski definition) is 3. The number of anilines is 3. The van der Waals surface area contributed by atoms with Crippen molar-refractivity contribution < 1.29 is 0 Å². The molecule has 0 spiro atoms. The molecule has 5 aromatic carbocycles. The van der Waals surface area contributed by atoms with E-state index in [4.69, 9.17) is 11.8 Å². The van der Waals surface area contributed by atoms with Crippen LogP contribution in [0.2, 0.25) is 13.1 Å². The molecule has 1 nitrogen and oxygen atoms in total. The van der Waals surface area contributed by atoms with Crippen LogP contribution in [0.3, 0.4) is 0 Å². The Balaban J connectivity index is 1.46. The van der Waals surface area contributed by atoms with Crippen LogP contribution in [0.25, 0.3) is 0 Å². The van der Waals surface area contributed by atoms with Gasteiger partial charge in [0.25, 0.3) is 0 Å². The summed E-state index contributed by atoms with van der Waals surface area (Å²) in [4.78, 5) is 5.03. The minimum atomic E-state index is -2.16. The molecular formula is C32H26NPS2Si. The van der Waals surface area contributed by atoms with Gasteiger partial charge in [-0.3, -0.25) is 0 Å². The van der Waals surface area contributed by atoms with Gasteiger partial charge in [-0.1, -0.05) is 122 Å². The van der Waals surface area contributed by atoms with E-state index >= 15 is 0 Å². The maximum atomic E-state index is 6.68. The lowest BCUT2D eigenvalue weighted by molar-refractivity contribution is 1.27. The molecule has 0 fully saturated rings. The second-order valence-corrected chi connectivity index (χ2v) is 19.9. The van der Waals surface area contributed by atoms with Crippen LogP contribution in [0, 0.1) is 0 Å². The molecule has 2 aliphatic rings. The Bertz CT molecular complexity index is 1680. The van der Waals surface area contributed by atoms with Gasteiger partial charge in [0.2, 0.25) is 0 Å². The van der Waals surface area contributed by atoms with Crippen LogP contribution in [0.4, 0.5) is 17.1 Å². The smallest absolute Gasteiger partial charge is 0.117 e. The highest BCUT2D eigenvalue weighted by Crippen LogP contribution is 2.53. The number of hydrogen-bond donors (Lipinski definition) is 0. The van der Waals surface area contributed by atoms with Crippen molar-refractivity contribution in [2.45, 2.75) is 22.9 Å². The van der Waals surface area contributed by atoms with Gasteiger partial charge in [0.05, 0.1) is 0 Å². The Kier molecular flexibility index (Phi) is 5.39. The van der Waals surface area contributed by atoms with Crippen LogP contribution in [-0.4, -0.2) is 8.07 Å². The number of fused-ring (bicyclic) bond motifs is 4. The average molecular weight is 548 g/mol. The van der Waals surface area contributed by atoms with Crippen molar-refractivity contribution in [3.8, 4) is 0 Å². The molecule has 2 aliphatic heterocycles. The predicted molar refractivity (Wildman–Crippen MR) is 168 cm³/mol. The van der Waals surface area contributed by atoms with Gasteiger partial charge in [0.15, 0.2) is 0 Å². The second kappa shape index (κ2) is 8.57. The summed E-state index contributed by atoms with van der Waals surface area (Å²) in [5.41, 5.74) is 3.81. The van der Waals surface area contributed by atoms with Crippen molar-refractivity contribution in [3.63, 3.8) is 0 Å². The summed E-state index contributed by atoms with van der Waals surface area (Å²) in [6.07, 6.45) is 0. The normalized spacial score (nSPS) is 18.8. The zero-order chi connectivity index (χ0) is 25.2. The zero-order valence-corrected chi connectivity index (χ0v) is 24.3. The van der Waals surface area contributed by atoms with Gasteiger partial charge in [-0.25, -0.2) is 0 Å². The number of para-hydroxylation sites is 2. The lowest BCUT2D eigenvalue weighted by atomic mass is 10.2. The molecule has 180 valence electrons. The quantitative estimate of drug-likeness (QED) is 0.180. The van der Waals surface area contributed by atoms with E-state index in [1.54, 1.807) is 0 Å². The molecule has 0 radical (unpaired) electrons. The first-order valence-electron chi connectivity index (χ1n) is 12.6. The fourth-order valence-electron chi connectivity index (χ4n) is 5.90. The molecule has 0 aliphatic carbocycles. The van der Waals surface area contributed by atoms with Crippen LogP contribution < -0.4 is 31.2 Å². The summed E-state index contributed by atoms with van der Waals surface area (Å²) < 4.78 is 0. The molecule has 37 heavy (non-hydrogen) atoms. The summed E-state index contributed by atoms with van der Waals surface area (Å²) in [6.45, 7) is 4.94. The lowest BCUT2D eigenvalue weighted by Crippen LogP contribution is -2.58. The van der Waals surface area contributed by atoms with Gasteiger partial charge in [0, 0.05) is 43.5 Å². The first kappa shape index (κ1) is 23.2. The Hall–Kier alpha value is -2.88. The van der Waals surface area contributed by atoms with Crippen molar-refractivity contribution in [2.75, 3.05) is 4.90 Å².